The second-order valence-electron chi connectivity index (χ2n) is 8.13. The highest BCUT2D eigenvalue weighted by atomic mass is 79.9. The second kappa shape index (κ2) is 8.11. The van der Waals surface area contributed by atoms with Gasteiger partial charge >= 0.3 is 5.97 Å². The first-order valence-corrected chi connectivity index (χ1v) is 10.7. The Labute approximate surface area is 184 Å². The average Bonchev–Trinajstić information content (AvgIpc) is 3.15. The summed E-state index contributed by atoms with van der Waals surface area (Å²) < 4.78 is 6.99. The van der Waals surface area contributed by atoms with Crippen LogP contribution in [0, 0.1) is 0 Å². The molecular formula is C24H24BrN3O2. The summed E-state index contributed by atoms with van der Waals surface area (Å²) in [6.45, 7) is 5.79. The first-order chi connectivity index (χ1) is 14.4. The fraction of sp³-hybridized carbons (Fsp3) is 0.250. The van der Waals surface area contributed by atoms with Gasteiger partial charge in [-0.15, -0.1) is 0 Å². The van der Waals surface area contributed by atoms with Crippen molar-refractivity contribution in [2.45, 2.75) is 38.7 Å². The summed E-state index contributed by atoms with van der Waals surface area (Å²) >= 11 is 3.65. The molecule has 0 saturated heterocycles. The number of benzene rings is 2. The van der Waals surface area contributed by atoms with Gasteiger partial charge in [0.15, 0.2) is 0 Å². The van der Waals surface area contributed by atoms with Gasteiger partial charge in [0.2, 0.25) is 0 Å². The van der Waals surface area contributed by atoms with Crippen molar-refractivity contribution in [3.8, 4) is 0 Å². The van der Waals surface area contributed by atoms with Gasteiger partial charge in [0.1, 0.15) is 11.4 Å². The minimum atomic E-state index is -0.652. The molecule has 0 fully saturated rings. The molecule has 0 spiro atoms. The van der Waals surface area contributed by atoms with Crippen molar-refractivity contribution in [3.05, 3.63) is 93.2 Å². The Bertz CT molecular complexity index is 1100. The highest BCUT2D eigenvalue weighted by Gasteiger charge is 2.37. The largest absolute Gasteiger partial charge is 0.456 e. The Hall–Kier alpha value is -2.86. The van der Waals surface area contributed by atoms with Crippen molar-refractivity contribution in [3.63, 3.8) is 0 Å². The Morgan fingerprint density at radius 2 is 1.80 bits per heavy atom. The monoisotopic (exact) mass is 465 g/mol. The number of carbonyl (C=O) groups excluding carboxylic acids is 1. The molecule has 0 amide bonds. The van der Waals surface area contributed by atoms with E-state index in [9.17, 15) is 4.79 Å². The first-order valence-electron chi connectivity index (χ1n) is 9.88. The van der Waals surface area contributed by atoms with Gasteiger partial charge in [-0.1, -0.05) is 64.5 Å². The van der Waals surface area contributed by atoms with Crippen LogP contribution in [0.2, 0.25) is 0 Å². The van der Waals surface area contributed by atoms with Gasteiger partial charge in [-0.05, 0) is 38.0 Å². The van der Waals surface area contributed by atoms with Crippen molar-refractivity contribution < 1.29 is 9.53 Å². The number of anilines is 1. The van der Waals surface area contributed by atoms with E-state index >= 15 is 0 Å². The van der Waals surface area contributed by atoms with Crippen LogP contribution < -0.4 is 5.32 Å². The summed E-state index contributed by atoms with van der Waals surface area (Å²) in [5, 5.41) is 10.4. The SMILES string of the molecule is CC1=C(C(=O)OC(C)(C)Cc2ccccc2)C(c2ccccc2Br)c2cn[nH]c2N1. The summed E-state index contributed by atoms with van der Waals surface area (Å²) in [6.07, 6.45) is 2.40. The lowest BCUT2D eigenvalue weighted by Gasteiger charge is -2.31. The number of rotatable bonds is 5. The van der Waals surface area contributed by atoms with Crippen molar-refractivity contribution in [2.75, 3.05) is 5.32 Å². The van der Waals surface area contributed by atoms with Crippen LogP contribution in [0.3, 0.4) is 0 Å². The number of fused-ring (bicyclic) bond motifs is 1. The maximum Gasteiger partial charge on any atom is 0.337 e. The van der Waals surface area contributed by atoms with Gasteiger partial charge in [-0.2, -0.15) is 5.10 Å². The van der Waals surface area contributed by atoms with E-state index in [1.54, 1.807) is 6.20 Å². The molecule has 0 bridgehead atoms. The number of nitrogens with zero attached hydrogens (tertiary/aromatic N) is 1. The third-order valence-corrected chi connectivity index (χ3v) is 5.98. The predicted molar refractivity (Wildman–Crippen MR) is 121 cm³/mol. The quantitative estimate of drug-likeness (QED) is 0.483. The zero-order valence-electron chi connectivity index (χ0n) is 17.2. The molecule has 2 N–H and O–H groups in total. The van der Waals surface area contributed by atoms with Gasteiger partial charge < -0.3 is 10.1 Å². The van der Waals surface area contributed by atoms with Crippen LogP contribution in [0.1, 0.15) is 43.4 Å². The van der Waals surface area contributed by atoms with E-state index in [1.807, 2.05) is 75.4 Å². The second-order valence-corrected chi connectivity index (χ2v) is 8.98. The van der Waals surface area contributed by atoms with E-state index in [1.165, 1.54) is 0 Å². The van der Waals surface area contributed by atoms with Crippen molar-refractivity contribution in [2.24, 2.45) is 0 Å². The molecule has 154 valence electrons. The summed E-state index contributed by atoms with van der Waals surface area (Å²) in [4.78, 5) is 13.5. The number of aromatic amines is 1. The molecule has 1 aromatic heterocycles. The van der Waals surface area contributed by atoms with E-state index in [2.05, 4.69) is 31.4 Å². The van der Waals surface area contributed by atoms with Gasteiger partial charge in [-0.3, -0.25) is 5.10 Å². The first kappa shape index (κ1) is 20.4. The minimum absolute atomic E-state index is 0.282. The van der Waals surface area contributed by atoms with Crippen LogP contribution in [0.5, 0.6) is 0 Å². The number of hydrogen-bond acceptors (Lipinski definition) is 4. The number of nitrogens with one attached hydrogen (secondary N) is 2. The lowest BCUT2D eigenvalue weighted by atomic mass is 9.82. The lowest BCUT2D eigenvalue weighted by molar-refractivity contribution is -0.151. The molecule has 0 saturated carbocycles. The average molecular weight is 466 g/mol. The Morgan fingerprint density at radius 1 is 1.10 bits per heavy atom. The number of H-pyrrole nitrogens is 1. The van der Waals surface area contributed by atoms with Gasteiger partial charge in [-0.25, -0.2) is 4.79 Å². The maximum atomic E-state index is 13.5. The molecule has 1 aliphatic heterocycles. The maximum absolute atomic E-state index is 13.5. The number of esters is 1. The molecule has 1 atom stereocenters. The Balaban J connectivity index is 1.68. The Morgan fingerprint density at radius 3 is 2.53 bits per heavy atom. The standard InChI is InChI=1S/C24H24BrN3O2/c1-15-20(23(29)30-24(2,3)13-16-9-5-4-6-10-16)21(17-11-7-8-12-19(17)25)18-14-26-28-22(18)27-15/h4-12,14,21H,13H2,1-3H3,(H2,26,27,28). The summed E-state index contributed by atoms with van der Waals surface area (Å²) in [6, 6.07) is 18.0. The molecule has 30 heavy (non-hydrogen) atoms. The van der Waals surface area contributed by atoms with Crippen LogP contribution in [-0.4, -0.2) is 21.8 Å². The highest BCUT2D eigenvalue weighted by Crippen LogP contribution is 2.43. The molecule has 0 aliphatic carbocycles. The zero-order valence-corrected chi connectivity index (χ0v) is 18.8. The van der Waals surface area contributed by atoms with E-state index in [0.29, 0.717) is 12.0 Å². The third kappa shape index (κ3) is 4.05. The lowest BCUT2D eigenvalue weighted by Crippen LogP contribution is -2.34. The van der Waals surface area contributed by atoms with Crippen molar-refractivity contribution in [1.82, 2.24) is 10.2 Å². The molecule has 4 rings (SSSR count). The molecule has 6 heteroatoms. The Kier molecular flexibility index (Phi) is 5.52. The smallest absolute Gasteiger partial charge is 0.337 e. The normalized spacial score (nSPS) is 16.1. The third-order valence-electron chi connectivity index (χ3n) is 5.26. The number of hydrogen-bond donors (Lipinski definition) is 2. The summed E-state index contributed by atoms with van der Waals surface area (Å²) in [5.41, 5.74) is 3.74. The van der Waals surface area contributed by atoms with Crippen molar-refractivity contribution >= 4 is 27.7 Å². The minimum Gasteiger partial charge on any atom is -0.456 e. The van der Waals surface area contributed by atoms with Gasteiger partial charge in [0.05, 0.1) is 11.8 Å². The molecule has 2 aromatic carbocycles. The highest BCUT2D eigenvalue weighted by molar-refractivity contribution is 9.10. The predicted octanol–water partition coefficient (Wildman–Crippen LogP) is 5.57. The number of aromatic nitrogens is 2. The summed E-state index contributed by atoms with van der Waals surface area (Å²) in [5.74, 6) is 0.192. The molecule has 0 radical (unpaired) electrons. The van der Waals surface area contributed by atoms with Crippen LogP contribution in [0.25, 0.3) is 0 Å². The fourth-order valence-electron chi connectivity index (χ4n) is 3.97. The van der Waals surface area contributed by atoms with Gasteiger partial charge in [0, 0.05) is 28.1 Å². The van der Waals surface area contributed by atoms with Crippen LogP contribution in [0.15, 0.2) is 76.5 Å². The number of carbonyl (C=O) groups is 1. The molecule has 1 unspecified atom stereocenters. The van der Waals surface area contributed by atoms with Crippen molar-refractivity contribution in [1.29, 1.82) is 0 Å². The number of allylic oxidation sites excluding steroid dienone is 1. The number of halogens is 1. The summed E-state index contributed by atoms with van der Waals surface area (Å²) in [7, 11) is 0. The molecule has 2 heterocycles. The molecule has 1 aliphatic rings. The topological polar surface area (TPSA) is 67.0 Å². The number of ether oxygens (including phenoxy) is 1. The van der Waals surface area contributed by atoms with Crippen LogP contribution in [-0.2, 0) is 16.0 Å². The fourth-order valence-corrected chi connectivity index (χ4v) is 4.49. The van der Waals surface area contributed by atoms with Gasteiger partial charge in [0.25, 0.3) is 0 Å². The zero-order chi connectivity index (χ0) is 21.3. The molecule has 5 nitrogen and oxygen atoms in total. The molecular weight excluding hydrogens is 442 g/mol. The van der Waals surface area contributed by atoms with E-state index in [-0.39, 0.29) is 11.9 Å². The van der Waals surface area contributed by atoms with Crippen LogP contribution >= 0.6 is 15.9 Å². The van der Waals surface area contributed by atoms with E-state index in [4.69, 9.17) is 4.74 Å². The van der Waals surface area contributed by atoms with Crippen LogP contribution in [0.4, 0.5) is 5.82 Å². The van der Waals surface area contributed by atoms with E-state index in [0.717, 1.165) is 32.7 Å². The van der Waals surface area contributed by atoms with E-state index < -0.39 is 5.60 Å². The molecule has 3 aromatic rings.